The lowest BCUT2D eigenvalue weighted by molar-refractivity contribution is 0.0963. The highest BCUT2D eigenvalue weighted by atomic mass is 35.5. The topological polar surface area (TPSA) is 92.1 Å². The molecule has 2 aromatic rings. The number of aliphatic hydroxyl groups excluding tert-OH is 1. The number of amides is 1. The van der Waals surface area contributed by atoms with E-state index in [0.717, 1.165) is 0 Å². The summed E-state index contributed by atoms with van der Waals surface area (Å²) in [5, 5.41) is 22.9. The molecule has 0 aliphatic rings. The molecule has 3 N–H and O–H groups in total. The number of aliphatic hydroxyl groups is 1. The molecule has 0 atom stereocenters. The van der Waals surface area contributed by atoms with Crippen molar-refractivity contribution in [1.29, 1.82) is 0 Å². The maximum Gasteiger partial charge on any atom is 0.251 e. The number of hydrogen-bond donors (Lipinski definition) is 3. The highest BCUT2D eigenvalue weighted by Crippen LogP contribution is 2.23. The third-order valence-corrected chi connectivity index (χ3v) is 3.16. The second kappa shape index (κ2) is 7.05. The van der Waals surface area contributed by atoms with E-state index < -0.39 is 0 Å². The molecule has 8 heteroatoms. The number of rotatable bonds is 6. The normalized spacial score (nSPS) is 10.4. The first-order valence-electron chi connectivity index (χ1n) is 6.39. The molecule has 2 rings (SSSR count). The van der Waals surface area contributed by atoms with Gasteiger partial charge in [0.15, 0.2) is 0 Å². The van der Waals surface area contributed by atoms with Crippen LogP contribution in [0.1, 0.15) is 16.1 Å². The van der Waals surface area contributed by atoms with Gasteiger partial charge >= 0.3 is 0 Å². The van der Waals surface area contributed by atoms with Crippen LogP contribution in [0.25, 0.3) is 0 Å². The number of nitrogens with zero attached hydrogens (tertiary/aromatic N) is 3. The minimum atomic E-state index is -0.177. The summed E-state index contributed by atoms with van der Waals surface area (Å²) in [5.74, 6) is -0.177. The molecule has 0 aliphatic heterocycles. The standard InChI is InChI=1S/C13H16ClN5O2/c1-15-13(21)9-2-3-11(14)12(6-9)16-7-10-8-19(4-5-20)18-17-10/h2-3,6,8,16,20H,4-5,7H2,1H3,(H,15,21). The van der Waals surface area contributed by atoms with Crippen LogP contribution in [0.3, 0.4) is 0 Å². The van der Waals surface area contributed by atoms with E-state index in [1.807, 2.05) is 0 Å². The summed E-state index contributed by atoms with van der Waals surface area (Å²) in [7, 11) is 1.57. The predicted molar refractivity (Wildman–Crippen MR) is 79.3 cm³/mol. The van der Waals surface area contributed by atoms with Crippen LogP contribution >= 0.6 is 11.6 Å². The van der Waals surface area contributed by atoms with Gasteiger partial charge in [-0.05, 0) is 18.2 Å². The van der Waals surface area contributed by atoms with Crippen LogP contribution in [0.5, 0.6) is 0 Å². The van der Waals surface area contributed by atoms with E-state index in [0.29, 0.717) is 35.1 Å². The van der Waals surface area contributed by atoms with Crippen LogP contribution in [0, 0.1) is 0 Å². The number of benzene rings is 1. The number of hydrogen-bond acceptors (Lipinski definition) is 5. The molecule has 1 amide bonds. The fourth-order valence-electron chi connectivity index (χ4n) is 1.76. The third kappa shape index (κ3) is 3.93. The first-order chi connectivity index (χ1) is 10.1. The van der Waals surface area contributed by atoms with Crippen molar-refractivity contribution in [2.75, 3.05) is 19.0 Å². The molecule has 0 radical (unpaired) electrons. The lowest BCUT2D eigenvalue weighted by Crippen LogP contribution is -2.17. The van der Waals surface area contributed by atoms with Gasteiger partial charge < -0.3 is 15.7 Å². The van der Waals surface area contributed by atoms with Crippen molar-refractivity contribution in [1.82, 2.24) is 20.3 Å². The Bertz CT molecular complexity index is 629. The molecule has 7 nitrogen and oxygen atoms in total. The lowest BCUT2D eigenvalue weighted by atomic mass is 10.2. The van der Waals surface area contributed by atoms with Crippen LogP contribution in [-0.2, 0) is 13.1 Å². The molecule has 1 aromatic heterocycles. The van der Waals surface area contributed by atoms with Crippen LogP contribution in [0.4, 0.5) is 5.69 Å². The Morgan fingerprint density at radius 2 is 2.29 bits per heavy atom. The first-order valence-corrected chi connectivity index (χ1v) is 6.77. The monoisotopic (exact) mass is 309 g/mol. The average molecular weight is 310 g/mol. The van der Waals surface area contributed by atoms with Crippen molar-refractivity contribution in [3.05, 3.63) is 40.7 Å². The summed E-state index contributed by atoms with van der Waals surface area (Å²) in [4.78, 5) is 11.6. The molecular weight excluding hydrogens is 294 g/mol. The zero-order valence-electron chi connectivity index (χ0n) is 11.5. The fraction of sp³-hybridized carbons (Fsp3) is 0.308. The van der Waals surface area contributed by atoms with Crippen LogP contribution in [-0.4, -0.2) is 39.7 Å². The number of nitrogens with one attached hydrogen (secondary N) is 2. The molecule has 0 fully saturated rings. The lowest BCUT2D eigenvalue weighted by Gasteiger charge is -2.08. The molecule has 0 unspecified atom stereocenters. The summed E-state index contributed by atoms with van der Waals surface area (Å²) in [6.07, 6.45) is 1.74. The van der Waals surface area contributed by atoms with Gasteiger partial charge in [-0.25, -0.2) is 4.68 Å². The summed E-state index contributed by atoms with van der Waals surface area (Å²) in [5.41, 5.74) is 1.88. The van der Waals surface area contributed by atoms with Gasteiger partial charge in [-0.15, -0.1) is 5.10 Å². The largest absolute Gasteiger partial charge is 0.394 e. The number of carbonyl (C=O) groups excluding carboxylic acids is 1. The van der Waals surface area contributed by atoms with Gasteiger partial charge in [-0.2, -0.15) is 0 Å². The highest BCUT2D eigenvalue weighted by Gasteiger charge is 2.08. The van der Waals surface area contributed by atoms with Crippen molar-refractivity contribution >= 4 is 23.2 Å². The van der Waals surface area contributed by atoms with Gasteiger partial charge in [0.05, 0.1) is 36.6 Å². The van der Waals surface area contributed by atoms with Gasteiger partial charge in [-0.3, -0.25) is 4.79 Å². The molecule has 0 aliphatic carbocycles. The first kappa shape index (κ1) is 15.3. The van der Waals surface area contributed by atoms with Crippen molar-refractivity contribution in [3.8, 4) is 0 Å². The Balaban J connectivity index is 2.06. The highest BCUT2D eigenvalue weighted by molar-refractivity contribution is 6.33. The van der Waals surface area contributed by atoms with Gasteiger partial charge in [0.25, 0.3) is 5.91 Å². The molecule has 1 aromatic carbocycles. The van der Waals surface area contributed by atoms with E-state index >= 15 is 0 Å². The van der Waals surface area contributed by atoms with E-state index in [-0.39, 0.29) is 12.5 Å². The molecule has 0 spiro atoms. The quantitative estimate of drug-likeness (QED) is 0.737. The Morgan fingerprint density at radius 3 is 3.00 bits per heavy atom. The van der Waals surface area contributed by atoms with Gasteiger partial charge in [0.1, 0.15) is 5.69 Å². The zero-order chi connectivity index (χ0) is 15.2. The Hall–Kier alpha value is -2.12. The van der Waals surface area contributed by atoms with Crippen molar-refractivity contribution in [2.45, 2.75) is 13.1 Å². The Kier molecular flexibility index (Phi) is 5.13. The van der Waals surface area contributed by atoms with E-state index in [1.165, 1.54) is 0 Å². The van der Waals surface area contributed by atoms with E-state index in [2.05, 4.69) is 20.9 Å². The van der Waals surface area contributed by atoms with Gasteiger partial charge in [0, 0.05) is 12.6 Å². The summed E-state index contributed by atoms with van der Waals surface area (Å²) >= 11 is 6.10. The van der Waals surface area contributed by atoms with Crippen LogP contribution in [0.2, 0.25) is 5.02 Å². The number of anilines is 1. The van der Waals surface area contributed by atoms with E-state index in [4.69, 9.17) is 16.7 Å². The van der Waals surface area contributed by atoms with Gasteiger partial charge in [0.2, 0.25) is 0 Å². The second-order valence-corrected chi connectivity index (χ2v) is 4.73. The molecule has 0 saturated heterocycles. The minimum absolute atomic E-state index is 0.0102. The molecule has 21 heavy (non-hydrogen) atoms. The number of carbonyl (C=O) groups is 1. The molecule has 1 heterocycles. The number of aromatic nitrogens is 3. The molecular formula is C13H16ClN5O2. The summed E-state index contributed by atoms with van der Waals surface area (Å²) < 4.78 is 1.56. The molecule has 0 bridgehead atoms. The van der Waals surface area contributed by atoms with Crippen LogP contribution < -0.4 is 10.6 Å². The third-order valence-electron chi connectivity index (χ3n) is 2.83. The SMILES string of the molecule is CNC(=O)c1ccc(Cl)c(NCc2cn(CCO)nn2)c1. The maximum atomic E-state index is 11.6. The van der Waals surface area contributed by atoms with Crippen LogP contribution in [0.15, 0.2) is 24.4 Å². The zero-order valence-corrected chi connectivity index (χ0v) is 12.3. The average Bonchev–Trinajstić information content (AvgIpc) is 2.93. The number of halogens is 1. The van der Waals surface area contributed by atoms with E-state index in [9.17, 15) is 4.79 Å². The second-order valence-electron chi connectivity index (χ2n) is 4.32. The van der Waals surface area contributed by atoms with Crippen molar-refractivity contribution in [2.24, 2.45) is 0 Å². The van der Waals surface area contributed by atoms with Gasteiger partial charge in [-0.1, -0.05) is 16.8 Å². The smallest absolute Gasteiger partial charge is 0.251 e. The summed E-state index contributed by atoms with van der Waals surface area (Å²) in [6.45, 7) is 0.832. The fourth-order valence-corrected chi connectivity index (χ4v) is 1.95. The van der Waals surface area contributed by atoms with Crippen molar-refractivity contribution in [3.63, 3.8) is 0 Å². The molecule has 0 saturated carbocycles. The predicted octanol–water partition coefficient (Wildman–Crippen LogP) is 0.895. The minimum Gasteiger partial charge on any atom is -0.394 e. The summed E-state index contributed by atoms with van der Waals surface area (Å²) in [6, 6.07) is 5.00. The Morgan fingerprint density at radius 1 is 1.48 bits per heavy atom. The van der Waals surface area contributed by atoms with E-state index in [1.54, 1.807) is 36.1 Å². The van der Waals surface area contributed by atoms with Crippen molar-refractivity contribution < 1.29 is 9.90 Å². The molecule has 112 valence electrons. The maximum absolute atomic E-state index is 11.6. The Labute approximate surface area is 126 Å².